The van der Waals surface area contributed by atoms with E-state index in [0.717, 1.165) is 6.07 Å². The van der Waals surface area contributed by atoms with Crippen molar-refractivity contribution in [2.75, 3.05) is 20.7 Å². The maximum atomic E-state index is 13.6. The Labute approximate surface area is 151 Å². The number of rotatable bonds is 8. The van der Waals surface area contributed by atoms with Crippen molar-refractivity contribution in [3.8, 4) is 5.75 Å². The molecule has 0 aromatic heterocycles. The highest BCUT2D eigenvalue weighted by Gasteiger charge is 2.55. The summed E-state index contributed by atoms with van der Waals surface area (Å²) >= 11 is 6.11. The van der Waals surface area contributed by atoms with Crippen LogP contribution in [0.5, 0.6) is 5.75 Å². The van der Waals surface area contributed by atoms with E-state index >= 15 is 0 Å². The molecule has 0 saturated heterocycles. The summed E-state index contributed by atoms with van der Waals surface area (Å²) in [5.41, 5.74) is -3.16. The van der Waals surface area contributed by atoms with Gasteiger partial charge >= 0.3 is 6.18 Å². The number of ether oxygens (including phenoxy) is 1. The minimum Gasteiger partial charge on any atom is -0.496 e. The maximum Gasteiger partial charge on any atom is 0.421 e. The lowest BCUT2D eigenvalue weighted by molar-refractivity contribution is -0.270. The van der Waals surface area contributed by atoms with E-state index in [2.05, 4.69) is 4.99 Å². The topological polar surface area (TPSA) is 45.1 Å². The van der Waals surface area contributed by atoms with Gasteiger partial charge in [0.15, 0.2) is 5.60 Å². The molecule has 0 spiro atoms. The molecule has 0 saturated carbocycles. The molecular formula is C17H24ClF3N2O2. The number of halogens is 4. The predicted molar refractivity (Wildman–Crippen MR) is 93.9 cm³/mol. The van der Waals surface area contributed by atoms with Gasteiger partial charge in [-0.15, -0.1) is 0 Å². The van der Waals surface area contributed by atoms with Crippen LogP contribution in [0.4, 0.5) is 18.9 Å². The molecule has 0 aliphatic rings. The van der Waals surface area contributed by atoms with Crippen molar-refractivity contribution in [3.63, 3.8) is 0 Å². The van der Waals surface area contributed by atoms with Gasteiger partial charge < -0.3 is 14.7 Å². The van der Waals surface area contributed by atoms with E-state index in [1.807, 2.05) is 6.92 Å². The van der Waals surface area contributed by atoms with E-state index in [-0.39, 0.29) is 22.9 Å². The Morgan fingerprint density at radius 2 is 1.96 bits per heavy atom. The van der Waals surface area contributed by atoms with Crippen molar-refractivity contribution in [2.24, 2.45) is 4.99 Å². The van der Waals surface area contributed by atoms with Crippen LogP contribution in [0.1, 0.15) is 38.7 Å². The van der Waals surface area contributed by atoms with Crippen LogP contribution < -0.4 is 4.74 Å². The maximum absolute atomic E-state index is 13.6. The Balaban J connectivity index is 3.43. The van der Waals surface area contributed by atoms with E-state index in [1.165, 1.54) is 19.5 Å². The van der Waals surface area contributed by atoms with Crippen LogP contribution in [0.3, 0.4) is 0 Å². The SMILES string of the molecule is CCCCC(O)(c1cc(Cl)c(N=CN(C)CC)cc1OC)C(F)(F)F. The highest BCUT2D eigenvalue weighted by Crippen LogP contribution is 2.48. The first-order valence-corrected chi connectivity index (χ1v) is 8.40. The van der Waals surface area contributed by atoms with E-state index < -0.39 is 23.8 Å². The summed E-state index contributed by atoms with van der Waals surface area (Å²) in [7, 11) is 3.05. The fourth-order valence-electron chi connectivity index (χ4n) is 2.24. The summed E-state index contributed by atoms with van der Waals surface area (Å²) in [6.07, 6.45) is -3.08. The van der Waals surface area contributed by atoms with E-state index in [1.54, 1.807) is 18.9 Å². The van der Waals surface area contributed by atoms with Gasteiger partial charge in [-0.05, 0) is 19.4 Å². The molecule has 1 rings (SSSR count). The largest absolute Gasteiger partial charge is 0.496 e. The average molecular weight is 381 g/mol. The molecule has 1 aromatic rings. The molecule has 1 atom stereocenters. The first kappa shape index (κ1) is 21.6. The highest BCUT2D eigenvalue weighted by molar-refractivity contribution is 6.33. The van der Waals surface area contributed by atoms with Crippen molar-refractivity contribution in [2.45, 2.75) is 44.9 Å². The summed E-state index contributed by atoms with van der Waals surface area (Å²) in [5.74, 6) is -0.105. The molecule has 8 heteroatoms. The Morgan fingerprint density at radius 1 is 1.32 bits per heavy atom. The molecule has 0 aliphatic carbocycles. The first-order chi connectivity index (χ1) is 11.6. The molecule has 0 radical (unpaired) electrons. The number of aliphatic hydroxyl groups is 1. The number of methoxy groups -OCH3 is 1. The minimum absolute atomic E-state index is 0.00993. The zero-order valence-corrected chi connectivity index (χ0v) is 15.6. The molecule has 1 aromatic carbocycles. The van der Waals surface area contributed by atoms with Crippen LogP contribution in [-0.4, -0.2) is 43.2 Å². The molecule has 0 heterocycles. The van der Waals surface area contributed by atoms with Crippen molar-refractivity contribution in [1.82, 2.24) is 4.90 Å². The number of benzene rings is 1. The van der Waals surface area contributed by atoms with E-state index in [9.17, 15) is 18.3 Å². The molecule has 1 unspecified atom stereocenters. The van der Waals surface area contributed by atoms with Gasteiger partial charge in [-0.1, -0.05) is 31.4 Å². The third-order valence-electron chi connectivity index (χ3n) is 3.97. The van der Waals surface area contributed by atoms with Gasteiger partial charge in [-0.3, -0.25) is 0 Å². The molecule has 0 fully saturated rings. The van der Waals surface area contributed by atoms with Gasteiger partial charge in [-0.2, -0.15) is 13.2 Å². The van der Waals surface area contributed by atoms with Gasteiger partial charge in [0, 0.05) is 25.2 Å². The third-order valence-corrected chi connectivity index (χ3v) is 4.27. The molecule has 1 N–H and O–H groups in total. The Kier molecular flexibility index (Phi) is 7.56. The molecule has 4 nitrogen and oxygen atoms in total. The summed E-state index contributed by atoms with van der Waals surface area (Å²) < 4.78 is 45.8. The van der Waals surface area contributed by atoms with Crippen LogP contribution in [-0.2, 0) is 5.60 Å². The minimum atomic E-state index is -4.86. The van der Waals surface area contributed by atoms with Gasteiger partial charge in [0.1, 0.15) is 5.75 Å². The third kappa shape index (κ3) is 5.01. The summed E-state index contributed by atoms with van der Waals surface area (Å²) in [4.78, 5) is 5.94. The first-order valence-electron chi connectivity index (χ1n) is 8.02. The molecule has 142 valence electrons. The Bertz CT molecular complexity index is 608. The number of nitrogens with zero attached hydrogens (tertiary/aromatic N) is 2. The quantitative estimate of drug-likeness (QED) is 0.515. The summed E-state index contributed by atoms with van der Waals surface area (Å²) in [6.45, 7) is 4.39. The fraction of sp³-hybridized carbons (Fsp3) is 0.588. The lowest BCUT2D eigenvalue weighted by Gasteiger charge is -2.32. The molecule has 25 heavy (non-hydrogen) atoms. The number of hydrogen-bond donors (Lipinski definition) is 1. The van der Waals surface area contributed by atoms with Gasteiger partial charge in [0.2, 0.25) is 0 Å². The summed E-state index contributed by atoms with van der Waals surface area (Å²) in [5, 5.41) is 10.4. The smallest absolute Gasteiger partial charge is 0.421 e. The monoisotopic (exact) mass is 380 g/mol. The van der Waals surface area contributed by atoms with Crippen LogP contribution >= 0.6 is 11.6 Å². The zero-order valence-electron chi connectivity index (χ0n) is 14.8. The van der Waals surface area contributed by atoms with Crippen LogP contribution in [0.2, 0.25) is 5.02 Å². The lowest BCUT2D eigenvalue weighted by Crippen LogP contribution is -2.42. The normalized spacial score (nSPS) is 14.6. The number of aliphatic imine (C=N–C) groups is 1. The second-order valence-corrected chi connectivity index (χ2v) is 6.19. The van der Waals surface area contributed by atoms with Crippen LogP contribution in [0, 0.1) is 0 Å². The number of alkyl halides is 3. The Morgan fingerprint density at radius 3 is 2.44 bits per heavy atom. The summed E-state index contributed by atoms with van der Waals surface area (Å²) in [6, 6.07) is 2.39. The van der Waals surface area contributed by atoms with E-state index in [4.69, 9.17) is 16.3 Å². The van der Waals surface area contributed by atoms with Crippen molar-refractivity contribution < 1.29 is 23.0 Å². The second-order valence-electron chi connectivity index (χ2n) is 5.78. The van der Waals surface area contributed by atoms with Crippen LogP contribution in [0.25, 0.3) is 0 Å². The average Bonchev–Trinajstić information content (AvgIpc) is 2.56. The lowest BCUT2D eigenvalue weighted by atomic mass is 9.87. The fourth-order valence-corrected chi connectivity index (χ4v) is 2.45. The van der Waals surface area contributed by atoms with Crippen molar-refractivity contribution in [3.05, 3.63) is 22.7 Å². The second kappa shape index (κ2) is 8.76. The highest BCUT2D eigenvalue weighted by atomic mass is 35.5. The number of hydrogen-bond acceptors (Lipinski definition) is 3. The standard InChI is InChI=1S/C17H24ClF3N2O2/c1-5-7-8-16(24,17(19,20)21)12-9-13(18)14(10-15(12)25-4)22-11-23(3)6-2/h9-11,24H,5-8H2,1-4H3. The zero-order chi connectivity index (χ0) is 19.3. The predicted octanol–water partition coefficient (Wildman–Crippen LogP) is 4.90. The van der Waals surface area contributed by atoms with Crippen molar-refractivity contribution in [1.29, 1.82) is 0 Å². The van der Waals surface area contributed by atoms with E-state index in [0.29, 0.717) is 13.0 Å². The molecule has 0 amide bonds. The number of unbranched alkanes of at least 4 members (excludes halogenated alkanes) is 1. The molecule has 0 bridgehead atoms. The van der Waals surface area contributed by atoms with Crippen LogP contribution in [0.15, 0.2) is 17.1 Å². The van der Waals surface area contributed by atoms with Gasteiger partial charge in [-0.25, -0.2) is 4.99 Å². The molecule has 0 aliphatic heterocycles. The van der Waals surface area contributed by atoms with Gasteiger partial charge in [0.25, 0.3) is 0 Å². The van der Waals surface area contributed by atoms with Gasteiger partial charge in [0.05, 0.1) is 24.2 Å². The Hall–Kier alpha value is -1.47. The molecular weight excluding hydrogens is 357 g/mol. The van der Waals surface area contributed by atoms with Crippen molar-refractivity contribution >= 4 is 23.6 Å².